The van der Waals surface area contributed by atoms with Gasteiger partial charge in [-0.3, -0.25) is 4.79 Å². The maximum absolute atomic E-state index is 12.9. The van der Waals surface area contributed by atoms with Gasteiger partial charge in [0.1, 0.15) is 11.9 Å². The summed E-state index contributed by atoms with van der Waals surface area (Å²) in [5, 5.41) is 11.4. The van der Waals surface area contributed by atoms with E-state index in [1.807, 2.05) is 0 Å². The summed E-state index contributed by atoms with van der Waals surface area (Å²) >= 11 is 5.58. The van der Waals surface area contributed by atoms with E-state index in [-0.39, 0.29) is 16.5 Å². The highest BCUT2D eigenvalue weighted by Gasteiger charge is 2.32. The molecule has 1 aromatic carbocycles. The predicted molar refractivity (Wildman–Crippen MR) is 61.0 cm³/mol. The van der Waals surface area contributed by atoms with Gasteiger partial charge in [-0.25, -0.2) is 4.39 Å². The molecule has 0 aromatic heterocycles. The number of nitriles is 1. The minimum Gasteiger partial charge on any atom is -0.336 e. The molecule has 1 saturated carbocycles. The number of amides is 1. The van der Waals surface area contributed by atoms with Crippen LogP contribution in [0.4, 0.5) is 4.39 Å². The van der Waals surface area contributed by atoms with Gasteiger partial charge >= 0.3 is 0 Å². The van der Waals surface area contributed by atoms with E-state index in [9.17, 15) is 9.18 Å². The number of nitrogens with one attached hydrogen (secondary N) is 1. The average Bonchev–Trinajstić information content (AvgIpc) is 3.13. The molecule has 1 aromatic rings. The maximum Gasteiger partial charge on any atom is 0.252 e. The lowest BCUT2D eigenvalue weighted by Crippen LogP contribution is -2.35. The smallest absolute Gasteiger partial charge is 0.252 e. The van der Waals surface area contributed by atoms with Crippen LogP contribution in [-0.4, -0.2) is 11.9 Å². The second-order valence-electron chi connectivity index (χ2n) is 4.05. The van der Waals surface area contributed by atoms with Crippen LogP contribution < -0.4 is 5.32 Å². The van der Waals surface area contributed by atoms with Gasteiger partial charge in [0.25, 0.3) is 5.91 Å². The molecule has 0 aliphatic heterocycles. The molecule has 1 aliphatic rings. The largest absolute Gasteiger partial charge is 0.336 e. The summed E-state index contributed by atoms with van der Waals surface area (Å²) in [5.74, 6) is -0.715. The molecular formula is C12H10ClFN2O. The molecule has 3 nitrogen and oxygen atoms in total. The van der Waals surface area contributed by atoms with E-state index >= 15 is 0 Å². The lowest BCUT2D eigenvalue weighted by atomic mass is 10.1. The summed E-state index contributed by atoms with van der Waals surface area (Å²) in [5.41, 5.74) is 0.261. The van der Waals surface area contributed by atoms with Crippen molar-refractivity contribution in [3.05, 3.63) is 34.6 Å². The van der Waals surface area contributed by atoms with Crippen LogP contribution in [0.15, 0.2) is 18.2 Å². The molecule has 0 heterocycles. The molecule has 1 N–H and O–H groups in total. The molecule has 5 heteroatoms. The molecule has 0 spiro atoms. The van der Waals surface area contributed by atoms with Gasteiger partial charge in [-0.15, -0.1) is 0 Å². The van der Waals surface area contributed by atoms with E-state index in [0.29, 0.717) is 0 Å². The van der Waals surface area contributed by atoms with E-state index in [1.54, 1.807) is 0 Å². The molecular weight excluding hydrogens is 243 g/mol. The summed E-state index contributed by atoms with van der Waals surface area (Å²) < 4.78 is 12.9. The first kappa shape index (κ1) is 11.9. The molecule has 0 bridgehead atoms. The van der Waals surface area contributed by atoms with E-state index in [1.165, 1.54) is 12.1 Å². The third kappa shape index (κ3) is 2.75. The van der Waals surface area contributed by atoms with Crippen molar-refractivity contribution in [3.8, 4) is 6.07 Å². The van der Waals surface area contributed by atoms with Crippen LogP contribution in [-0.2, 0) is 0 Å². The number of benzene rings is 1. The van der Waals surface area contributed by atoms with E-state index in [0.717, 1.165) is 18.9 Å². The Morgan fingerprint density at radius 2 is 2.29 bits per heavy atom. The number of carbonyl (C=O) groups excluding carboxylic acids is 1. The van der Waals surface area contributed by atoms with Crippen molar-refractivity contribution in [3.63, 3.8) is 0 Å². The van der Waals surface area contributed by atoms with E-state index < -0.39 is 17.8 Å². The van der Waals surface area contributed by atoms with Crippen molar-refractivity contribution in [2.24, 2.45) is 5.92 Å². The van der Waals surface area contributed by atoms with Crippen molar-refractivity contribution < 1.29 is 9.18 Å². The third-order valence-corrected chi connectivity index (χ3v) is 2.99. The molecule has 1 unspecified atom stereocenters. The first-order chi connectivity index (χ1) is 8.11. The Hall–Kier alpha value is -1.60. The number of hydrogen-bond donors (Lipinski definition) is 1. The molecule has 0 radical (unpaired) electrons. The Kier molecular flexibility index (Phi) is 3.30. The quantitative estimate of drug-likeness (QED) is 0.899. The zero-order chi connectivity index (χ0) is 12.4. The van der Waals surface area contributed by atoms with Crippen molar-refractivity contribution >= 4 is 17.5 Å². The zero-order valence-corrected chi connectivity index (χ0v) is 9.67. The molecule has 1 fully saturated rings. The Labute approximate surface area is 103 Å². The van der Waals surface area contributed by atoms with Gasteiger partial charge < -0.3 is 5.32 Å². The minimum absolute atomic E-state index is 0.0995. The van der Waals surface area contributed by atoms with Crippen LogP contribution in [0.3, 0.4) is 0 Å². The lowest BCUT2D eigenvalue weighted by molar-refractivity contribution is 0.0942. The Morgan fingerprint density at radius 1 is 1.59 bits per heavy atom. The Balaban J connectivity index is 2.08. The van der Waals surface area contributed by atoms with Crippen LogP contribution in [0.1, 0.15) is 23.2 Å². The Morgan fingerprint density at radius 3 is 2.82 bits per heavy atom. The molecule has 0 saturated heterocycles. The minimum atomic E-state index is -0.567. The van der Waals surface area contributed by atoms with E-state index in [4.69, 9.17) is 16.9 Å². The van der Waals surface area contributed by atoms with Crippen molar-refractivity contribution in [2.45, 2.75) is 18.9 Å². The van der Waals surface area contributed by atoms with Gasteiger partial charge in [0.05, 0.1) is 11.1 Å². The number of hydrogen-bond acceptors (Lipinski definition) is 2. The summed E-state index contributed by atoms with van der Waals surface area (Å²) in [6.45, 7) is 0. The second kappa shape index (κ2) is 4.72. The standard InChI is InChI=1S/C12H10ClFN2O/c13-9-5-8(3-4-10(9)14)12(17)16-11(6-15)7-1-2-7/h3-5,7,11H,1-2H2,(H,16,17). The monoisotopic (exact) mass is 252 g/mol. The molecule has 2 rings (SSSR count). The highest BCUT2D eigenvalue weighted by Crippen LogP contribution is 2.32. The highest BCUT2D eigenvalue weighted by atomic mass is 35.5. The second-order valence-corrected chi connectivity index (χ2v) is 4.45. The number of halogens is 2. The third-order valence-electron chi connectivity index (χ3n) is 2.70. The zero-order valence-electron chi connectivity index (χ0n) is 8.91. The van der Waals surface area contributed by atoms with Gasteiger partial charge in [0.2, 0.25) is 0 Å². The fraction of sp³-hybridized carbons (Fsp3) is 0.333. The fourth-order valence-corrected chi connectivity index (χ4v) is 1.73. The first-order valence-electron chi connectivity index (χ1n) is 5.27. The van der Waals surface area contributed by atoms with Crippen molar-refractivity contribution in [1.29, 1.82) is 5.26 Å². The van der Waals surface area contributed by atoms with Crippen LogP contribution in [0.5, 0.6) is 0 Å². The van der Waals surface area contributed by atoms with Crippen LogP contribution >= 0.6 is 11.6 Å². The first-order valence-corrected chi connectivity index (χ1v) is 5.65. The summed E-state index contributed by atoms with van der Waals surface area (Å²) in [6, 6.07) is 5.32. The lowest BCUT2D eigenvalue weighted by Gasteiger charge is -2.10. The summed E-state index contributed by atoms with van der Waals surface area (Å²) in [6.07, 6.45) is 1.92. The van der Waals surface area contributed by atoms with E-state index in [2.05, 4.69) is 11.4 Å². The average molecular weight is 253 g/mol. The van der Waals surface area contributed by atoms with Crippen molar-refractivity contribution in [1.82, 2.24) is 5.32 Å². The van der Waals surface area contributed by atoms with Gasteiger partial charge in [-0.2, -0.15) is 5.26 Å². The van der Waals surface area contributed by atoms with Gasteiger partial charge in [-0.1, -0.05) is 11.6 Å². The van der Waals surface area contributed by atoms with Crippen LogP contribution in [0.2, 0.25) is 5.02 Å². The van der Waals surface area contributed by atoms with Gasteiger partial charge in [0.15, 0.2) is 0 Å². The summed E-state index contributed by atoms with van der Waals surface area (Å²) in [4.78, 5) is 11.8. The highest BCUT2D eigenvalue weighted by molar-refractivity contribution is 6.31. The van der Waals surface area contributed by atoms with Gasteiger partial charge in [0, 0.05) is 5.56 Å². The number of carbonyl (C=O) groups is 1. The topological polar surface area (TPSA) is 52.9 Å². The molecule has 17 heavy (non-hydrogen) atoms. The number of rotatable bonds is 3. The Bertz CT molecular complexity index is 494. The molecule has 1 aliphatic carbocycles. The summed E-state index contributed by atoms with van der Waals surface area (Å²) in [7, 11) is 0. The van der Waals surface area contributed by atoms with Crippen molar-refractivity contribution in [2.75, 3.05) is 0 Å². The van der Waals surface area contributed by atoms with Crippen LogP contribution in [0, 0.1) is 23.1 Å². The SMILES string of the molecule is N#CC(NC(=O)c1ccc(F)c(Cl)c1)C1CC1. The van der Waals surface area contributed by atoms with Crippen LogP contribution in [0.25, 0.3) is 0 Å². The number of nitrogens with zero attached hydrogens (tertiary/aromatic N) is 1. The van der Waals surface area contributed by atoms with Gasteiger partial charge in [-0.05, 0) is 37.0 Å². The normalized spacial score (nSPS) is 16.1. The maximum atomic E-state index is 12.9. The predicted octanol–water partition coefficient (Wildman–Crippen LogP) is 2.51. The molecule has 1 amide bonds. The fourth-order valence-electron chi connectivity index (χ4n) is 1.55. The molecule has 88 valence electrons. The molecule has 1 atom stereocenters.